The molecule has 1 N–H and O–H groups in total. The van der Waals surface area contributed by atoms with Crippen LogP contribution in [0.4, 0.5) is 4.39 Å². The summed E-state index contributed by atoms with van der Waals surface area (Å²) in [4.78, 5) is 29.9. The molecule has 0 saturated heterocycles. The Morgan fingerprint density at radius 3 is 2.60 bits per heavy atom. The van der Waals surface area contributed by atoms with Crippen LogP contribution in [-0.2, 0) is 6.54 Å². The predicted molar refractivity (Wildman–Crippen MR) is 129 cm³/mol. The second kappa shape index (κ2) is 10.9. The van der Waals surface area contributed by atoms with Crippen molar-refractivity contribution in [2.75, 3.05) is 26.7 Å². The molecule has 9 heteroatoms. The smallest absolute Gasteiger partial charge is 0.259 e. The number of hydrogen-bond acceptors (Lipinski definition) is 7. The summed E-state index contributed by atoms with van der Waals surface area (Å²) in [7, 11) is 1.98. The molecule has 1 aliphatic heterocycles. The van der Waals surface area contributed by atoms with E-state index in [0.29, 0.717) is 30.8 Å². The lowest BCUT2D eigenvalue weighted by Crippen LogP contribution is -2.49. The predicted octanol–water partition coefficient (Wildman–Crippen LogP) is 3.03. The number of ether oxygens (including phenoxy) is 1. The average Bonchev–Trinajstić information content (AvgIpc) is 2.87. The number of pyridine rings is 1. The zero-order chi connectivity index (χ0) is 24.9. The number of nitrogens with zero attached hydrogens (tertiary/aromatic N) is 5. The minimum atomic E-state index is -0.364. The molecular formula is C26H30FN5O3. The highest BCUT2D eigenvalue weighted by atomic mass is 19.1. The first-order chi connectivity index (χ1) is 16.9. The van der Waals surface area contributed by atoms with Gasteiger partial charge in [0.05, 0.1) is 12.6 Å². The molecule has 2 aromatic heterocycles. The van der Waals surface area contributed by atoms with Crippen molar-refractivity contribution in [2.24, 2.45) is 5.92 Å². The van der Waals surface area contributed by atoms with Gasteiger partial charge in [-0.1, -0.05) is 19.1 Å². The van der Waals surface area contributed by atoms with Crippen molar-refractivity contribution in [2.45, 2.75) is 32.5 Å². The maximum atomic E-state index is 13.5. The number of carbonyl (C=O) groups excluding carboxylic acids is 1. The van der Waals surface area contributed by atoms with Crippen LogP contribution in [0.1, 0.15) is 29.8 Å². The number of aromatic nitrogens is 3. The second-order valence-corrected chi connectivity index (χ2v) is 9.15. The van der Waals surface area contributed by atoms with Crippen LogP contribution in [0.5, 0.6) is 5.88 Å². The number of carbonyl (C=O) groups is 1. The molecular weight excluding hydrogens is 449 g/mol. The fourth-order valence-corrected chi connectivity index (χ4v) is 4.20. The minimum Gasteiger partial charge on any atom is -0.472 e. The van der Waals surface area contributed by atoms with Crippen LogP contribution in [-0.4, -0.2) is 74.7 Å². The maximum Gasteiger partial charge on any atom is 0.259 e. The van der Waals surface area contributed by atoms with E-state index in [9.17, 15) is 14.3 Å². The van der Waals surface area contributed by atoms with Gasteiger partial charge in [0.2, 0.25) is 5.88 Å². The van der Waals surface area contributed by atoms with Crippen LogP contribution in [0, 0.1) is 11.7 Å². The van der Waals surface area contributed by atoms with Crippen LogP contribution >= 0.6 is 0 Å². The third-order valence-corrected chi connectivity index (χ3v) is 6.27. The lowest BCUT2D eigenvalue weighted by atomic mass is 9.99. The van der Waals surface area contributed by atoms with Gasteiger partial charge in [-0.15, -0.1) is 0 Å². The quantitative estimate of drug-likeness (QED) is 0.557. The summed E-state index contributed by atoms with van der Waals surface area (Å²) in [5.41, 5.74) is 2.77. The number of aliphatic hydroxyl groups is 1. The van der Waals surface area contributed by atoms with Gasteiger partial charge in [0.15, 0.2) is 0 Å². The summed E-state index contributed by atoms with van der Waals surface area (Å²) in [6.45, 7) is 5.32. The van der Waals surface area contributed by atoms with E-state index in [-0.39, 0.29) is 42.3 Å². The number of hydrogen-bond donors (Lipinski definition) is 1. The van der Waals surface area contributed by atoms with Gasteiger partial charge in [0.25, 0.3) is 5.91 Å². The summed E-state index contributed by atoms with van der Waals surface area (Å²) in [5, 5.41) is 9.84. The van der Waals surface area contributed by atoms with E-state index in [1.807, 2.05) is 20.9 Å². The molecule has 0 unspecified atom stereocenters. The third kappa shape index (κ3) is 5.80. The Labute approximate surface area is 204 Å². The highest BCUT2D eigenvalue weighted by Gasteiger charge is 2.34. The van der Waals surface area contributed by atoms with Crippen molar-refractivity contribution < 1.29 is 19.0 Å². The normalized spacial score (nSPS) is 19.0. The van der Waals surface area contributed by atoms with Gasteiger partial charge < -0.3 is 14.7 Å². The van der Waals surface area contributed by atoms with Crippen LogP contribution in [0.3, 0.4) is 0 Å². The molecule has 3 aromatic rings. The number of amides is 1. The Morgan fingerprint density at radius 1 is 1.20 bits per heavy atom. The Kier molecular flexibility index (Phi) is 7.67. The molecule has 0 bridgehead atoms. The largest absolute Gasteiger partial charge is 0.472 e. The first-order valence-electron chi connectivity index (χ1n) is 11.6. The van der Waals surface area contributed by atoms with Crippen molar-refractivity contribution in [3.8, 4) is 17.0 Å². The van der Waals surface area contributed by atoms with E-state index >= 15 is 0 Å². The maximum absolute atomic E-state index is 13.5. The first-order valence-corrected chi connectivity index (χ1v) is 11.6. The molecule has 3 heterocycles. The van der Waals surface area contributed by atoms with Crippen molar-refractivity contribution in [3.63, 3.8) is 0 Å². The zero-order valence-electron chi connectivity index (χ0n) is 20.1. The monoisotopic (exact) mass is 479 g/mol. The first kappa shape index (κ1) is 24.7. The van der Waals surface area contributed by atoms with Crippen molar-refractivity contribution >= 4 is 5.91 Å². The van der Waals surface area contributed by atoms with Gasteiger partial charge in [0, 0.05) is 55.3 Å². The lowest BCUT2D eigenvalue weighted by Gasteiger charge is -2.37. The summed E-state index contributed by atoms with van der Waals surface area (Å²) in [6.07, 6.45) is 6.15. The zero-order valence-corrected chi connectivity index (χ0v) is 20.1. The second-order valence-electron chi connectivity index (χ2n) is 9.15. The molecule has 0 spiro atoms. The summed E-state index contributed by atoms with van der Waals surface area (Å²) in [6, 6.07) is 7.82. The van der Waals surface area contributed by atoms with E-state index in [0.717, 1.165) is 11.1 Å². The summed E-state index contributed by atoms with van der Waals surface area (Å²) in [5.74, 6) is -0.267. The minimum absolute atomic E-state index is 0.0271. The van der Waals surface area contributed by atoms with Gasteiger partial charge in [0.1, 0.15) is 23.8 Å². The molecule has 1 aliphatic rings. The number of fused-ring (bicyclic) bond motifs is 1. The van der Waals surface area contributed by atoms with E-state index in [1.54, 1.807) is 41.7 Å². The fraction of sp³-hybridized carbons (Fsp3) is 0.385. The van der Waals surface area contributed by atoms with Gasteiger partial charge in [-0.2, -0.15) is 0 Å². The molecule has 0 radical (unpaired) electrons. The standard InChI is InChI=1S/C26H30FN5O3/c1-17-12-32(18(2)15-33)26(34)23-8-20(21-9-28-16-29-10-21)11-30-25(23)35-24(17)14-31(3)13-19-4-6-22(27)7-5-19/h4-11,16-18,24,33H,12-15H2,1-3H3/t17-,18-,24-/m0/s1. The number of aliphatic hydroxyl groups excluding tert-OH is 1. The Bertz CT molecular complexity index is 1150. The molecule has 0 fully saturated rings. The molecule has 0 aliphatic carbocycles. The molecule has 184 valence electrons. The van der Waals surface area contributed by atoms with Gasteiger partial charge >= 0.3 is 0 Å². The molecule has 35 heavy (non-hydrogen) atoms. The molecule has 0 saturated carbocycles. The number of likely N-dealkylation sites (N-methyl/N-ethyl adjacent to an activating group) is 1. The number of benzene rings is 1. The van der Waals surface area contributed by atoms with Crippen molar-refractivity contribution in [3.05, 3.63) is 72.2 Å². The van der Waals surface area contributed by atoms with Crippen LogP contribution in [0.25, 0.3) is 11.1 Å². The summed E-state index contributed by atoms with van der Waals surface area (Å²) >= 11 is 0. The van der Waals surface area contributed by atoms with Crippen LogP contribution in [0.15, 0.2) is 55.2 Å². The molecule has 8 nitrogen and oxygen atoms in total. The summed E-state index contributed by atoms with van der Waals surface area (Å²) < 4.78 is 19.6. The van der Waals surface area contributed by atoms with Crippen LogP contribution < -0.4 is 4.74 Å². The molecule has 4 rings (SSSR count). The Morgan fingerprint density at radius 2 is 1.91 bits per heavy atom. The van der Waals surface area contributed by atoms with E-state index in [4.69, 9.17) is 4.74 Å². The van der Waals surface area contributed by atoms with Crippen molar-refractivity contribution in [1.82, 2.24) is 24.8 Å². The molecule has 1 aromatic carbocycles. The van der Waals surface area contributed by atoms with Gasteiger partial charge in [-0.3, -0.25) is 9.69 Å². The van der Waals surface area contributed by atoms with Crippen molar-refractivity contribution in [1.29, 1.82) is 0 Å². The number of rotatable bonds is 7. The van der Waals surface area contributed by atoms with E-state index < -0.39 is 0 Å². The highest BCUT2D eigenvalue weighted by molar-refractivity contribution is 5.98. The Hall–Kier alpha value is -3.43. The average molecular weight is 480 g/mol. The van der Waals surface area contributed by atoms with Gasteiger partial charge in [-0.25, -0.2) is 19.3 Å². The fourth-order valence-electron chi connectivity index (χ4n) is 4.20. The topological polar surface area (TPSA) is 91.7 Å². The van der Waals surface area contributed by atoms with Gasteiger partial charge in [-0.05, 0) is 37.7 Å². The molecule has 1 amide bonds. The highest BCUT2D eigenvalue weighted by Crippen LogP contribution is 2.30. The lowest BCUT2D eigenvalue weighted by molar-refractivity contribution is 0.0325. The Balaban J connectivity index is 1.63. The van der Waals surface area contributed by atoms with Crippen LogP contribution in [0.2, 0.25) is 0 Å². The number of halogens is 1. The molecule has 3 atom stereocenters. The van der Waals surface area contributed by atoms with E-state index in [2.05, 4.69) is 19.9 Å². The van der Waals surface area contributed by atoms with E-state index in [1.165, 1.54) is 18.5 Å². The SMILES string of the molecule is C[C@H]1CN([C@@H](C)CO)C(=O)c2cc(-c3cncnc3)cnc2O[C@H]1CN(C)Cc1ccc(F)cc1. The third-order valence-electron chi connectivity index (χ3n) is 6.27.